The van der Waals surface area contributed by atoms with Crippen LogP contribution in [0.1, 0.15) is 18.1 Å². The summed E-state index contributed by atoms with van der Waals surface area (Å²) in [4.78, 5) is 12.3. The van der Waals surface area contributed by atoms with Gasteiger partial charge in [-0.3, -0.25) is 4.90 Å². The molecule has 0 unspecified atom stereocenters. The summed E-state index contributed by atoms with van der Waals surface area (Å²) in [6, 6.07) is 4.61. The summed E-state index contributed by atoms with van der Waals surface area (Å²) in [5.74, 6) is -1.44. The SMILES string of the molecule is CCN(CCO)Cc1ccc(/C=C/C(=O)O)cc1F. The van der Waals surface area contributed by atoms with E-state index in [1.54, 1.807) is 12.1 Å². The lowest BCUT2D eigenvalue weighted by molar-refractivity contribution is -0.131. The van der Waals surface area contributed by atoms with Crippen molar-refractivity contribution in [3.05, 3.63) is 41.2 Å². The van der Waals surface area contributed by atoms with Gasteiger partial charge in [0.15, 0.2) is 0 Å². The van der Waals surface area contributed by atoms with E-state index >= 15 is 0 Å². The van der Waals surface area contributed by atoms with Gasteiger partial charge in [0, 0.05) is 24.7 Å². The summed E-state index contributed by atoms with van der Waals surface area (Å²) < 4.78 is 13.8. The number of aliphatic hydroxyl groups is 1. The Hall–Kier alpha value is -1.72. The molecule has 1 aromatic rings. The highest BCUT2D eigenvalue weighted by molar-refractivity contribution is 5.85. The average Bonchev–Trinajstić information content (AvgIpc) is 2.38. The number of halogens is 1. The smallest absolute Gasteiger partial charge is 0.328 e. The molecule has 0 heterocycles. The fourth-order valence-corrected chi connectivity index (χ4v) is 1.69. The van der Waals surface area contributed by atoms with E-state index in [2.05, 4.69) is 0 Å². The maximum atomic E-state index is 13.8. The van der Waals surface area contributed by atoms with Crippen LogP contribution in [0, 0.1) is 5.82 Å². The molecule has 2 N–H and O–H groups in total. The topological polar surface area (TPSA) is 60.8 Å². The Morgan fingerprint density at radius 3 is 2.74 bits per heavy atom. The molecule has 4 nitrogen and oxygen atoms in total. The lowest BCUT2D eigenvalue weighted by atomic mass is 10.1. The van der Waals surface area contributed by atoms with Crippen LogP contribution in [-0.2, 0) is 11.3 Å². The van der Waals surface area contributed by atoms with Crippen molar-refractivity contribution >= 4 is 12.0 Å². The molecule has 0 aliphatic carbocycles. The van der Waals surface area contributed by atoms with Gasteiger partial charge in [0.2, 0.25) is 0 Å². The molecule has 104 valence electrons. The summed E-state index contributed by atoms with van der Waals surface area (Å²) in [5.41, 5.74) is 1.04. The van der Waals surface area contributed by atoms with Gasteiger partial charge in [0.25, 0.3) is 0 Å². The number of carboxylic acids is 1. The van der Waals surface area contributed by atoms with Crippen molar-refractivity contribution in [2.24, 2.45) is 0 Å². The van der Waals surface area contributed by atoms with Crippen molar-refractivity contribution in [2.45, 2.75) is 13.5 Å². The first-order valence-corrected chi connectivity index (χ1v) is 6.09. The molecule has 0 aliphatic heterocycles. The second kappa shape index (κ2) is 7.66. The largest absolute Gasteiger partial charge is 0.478 e. The number of rotatable bonds is 7. The zero-order valence-corrected chi connectivity index (χ0v) is 10.8. The predicted octanol–water partition coefficient (Wildman–Crippen LogP) is 1.74. The third kappa shape index (κ3) is 5.19. The molecule has 5 heteroatoms. The van der Waals surface area contributed by atoms with Crippen molar-refractivity contribution < 1.29 is 19.4 Å². The lowest BCUT2D eigenvalue weighted by Crippen LogP contribution is -2.26. The van der Waals surface area contributed by atoms with Crippen LogP contribution in [0.5, 0.6) is 0 Å². The quantitative estimate of drug-likeness (QED) is 0.739. The number of aliphatic carboxylic acids is 1. The Labute approximate surface area is 111 Å². The molecule has 0 fully saturated rings. The van der Waals surface area contributed by atoms with Crippen molar-refractivity contribution in [3.63, 3.8) is 0 Å². The fourth-order valence-electron chi connectivity index (χ4n) is 1.69. The van der Waals surface area contributed by atoms with E-state index in [1.807, 2.05) is 11.8 Å². The third-order valence-corrected chi connectivity index (χ3v) is 2.75. The van der Waals surface area contributed by atoms with E-state index in [0.29, 0.717) is 24.2 Å². The first-order chi connectivity index (χ1) is 9.06. The van der Waals surface area contributed by atoms with E-state index in [9.17, 15) is 9.18 Å². The first-order valence-electron chi connectivity index (χ1n) is 6.09. The normalized spacial score (nSPS) is 11.4. The number of likely N-dealkylation sites (N-methyl/N-ethyl adjacent to an activating group) is 1. The number of carbonyl (C=O) groups is 1. The van der Waals surface area contributed by atoms with Crippen LogP contribution < -0.4 is 0 Å². The van der Waals surface area contributed by atoms with Crippen molar-refractivity contribution in [1.29, 1.82) is 0 Å². The summed E-state index contributed by atoms with van der Waals surface area (Å²) in [6.07, 6.45) is 2.32. The van der Waals surface area contributed by atoms with Crippen LogP contribution in [-0.4, -0.2) is 40.8 Å². The number of carboxylic acid groups (broad SMARTS) is 1. The molecule has 0 saturated carbocycles. The average molecular weight is 267 g/mol. The van der Waals surface area contributed by atoms with Gasteiger partial charge in [-0.05, 0) is 24.3 Å². The van der Waals surface area contributed by atoms with Crippen LogP contribution in [0.25, 0.3) is 6.08 Å². The maximum absolute atomic E-state index is 13.8. The Morgan fingerprint density at radius 2 is 2.21 bits per heavy atom. The van der Waals surface area contributed by atoms with Gasteiger partial charge in [-0.25, -0.2) is 9.18 Å². The molecule has 0 amide bonds. The minimum absolute atomic E-state index is 0.0366. The summed E-state index contributed by atoms with van der Waals surface area (Å²) in [5, 5.41) is 17.4. The highest BCUT2D eigenvalue weighted by atomic mass is 19.1. The van der Waals surface area contributed by atoms with Crippen molar-refractivity contribution in [2.75, 3.05) is 19.7 Å². The second-order valence-corrected chi connectivity index (χ2v) is 4.11. The van der Waals surface area contributed by atoms with Crippen LogP contribution in [0.3, 0.4) is 0 Å². The molecule has 0 atom stereocenters. The van der Waals surface area contributed by atoms with Gasteiger partial charge in [-0.15, -0.1) is 0 Å². The number of hydrogen-bond donors (Lipinski definition) is 2. The van der Waals surface area contributed by atoms with E-state index in [0.717, 1.165) is 12.6 Å². The molecule has 0 bridgehead atoms. The van der Waals surface area contributed by atoms with Crippen LogP contribution in [0.4, 0.5) is 4.39 Å². The van der Waals surface area contributed by atoms with E-state index in [-0.39, 0.29) is 12.4 Å². The van der Waals surface area contributed by atoms with E-state index in [4.69, 9.17) is 10.2 Å². The predicted molar refractivity (Wildman–Crippen MR) is 71.1 cm³/mol. The number of aliphatic hydroxyl groups excluding tert-OH is 1. The molecule has 0 aromatic heterocycles. The standard InChI is InChI=1S/C14H18FNO3/c1-2-16(7-8-17)10-12-5-3-11(9-13(12)15)4-6-14(18)19/h3-6,9,17H,2,7-8,10H2,1H3,(H,18,19)/b6-4+. The Balaban J connectivity index is 2.79. The summed E-state index contributed by atoms with van der Waals surface area (Å²) in [6.45, 7) is 3.62. The molecule has 1 aromatic carbocycles. The van der Waals surface area contributed by atoms with Gasteiger partial charge in [0.05, 0.1) is 6.61 Å². The molecule has 0 aliphatic rings. The molecule has 19 heavy (non-hydrogen) atoms. The molecular weight excluding hydrogens is 249 g/mol. The number of hydrogen-bond acceptors (Lipinski definition) is 3. The van der Waals surface area contributed by atoms with Crippen LogP contribution in [0.15, 0.2) is 24.3 Å². The first kappa shape index (κ1) is 15.3. The van der Waals surface area contributed by atoms with Gasteiger partial charge in [-0.2, -0.15) is 0 Å². The second-order valence-electron chi connectivity index (χ2n) is 4.11. The molecule has 0 radical (unpaired) electrons. The van der Waals surface area contributed by atoms with Gasteiger partial charge >= 0.3 is 5.97 Å². The van der Waals surface area contributed by atoms with E-state index < -0.39 is 5.97 Å². The van der Waals surface area contributed by atoms with Crippen molar-refractivity contribution in [3.8, 4) is 0 Å². The Kier molecular flexibility index (Phi) is 6.18. The van der Waals surface area contributed by atoms with Crippen molar-refractivity contribution in [1.82, 2.24) is 4.90 Å². The molecule has 0 spiro atoms. The van der Waals surface area contributed by atoms with Crippen LogP contribution in [0.2, 0.25) is 0 Å². The summed E-state index contributed by atoms with van der Waals surface area (Å²) >= 11 is 0. The summed E-state index contributed by atoms with van der Waals surface area (Å²) in [7, 11) is 0. The minimum atomic E-state index is -1.07. The zero-order valence-electron chi connectivity index (χ0n) is 10.8. The van der Waals surface area contributed by atoms with E-state index in [1.165, 1.54) is 12.1 Å². The Morgan fingerprint density at radius 1 is 1.47 bits per heavy atom. The third-order valence-electron chi connectivity index (χ3n) is 2.75. The molecule has 1 rings (SSSR count). The highest BCUT2D eigenvalue weighted by Crippen LogP contribution is 2.14. The highest BCUT2D eigenvalue weighted by Gasteiger charge is 2.07. The monoisotopic (exact) mass is 267 g/mol. The molecular formula is C14H18FNO3. The number of nitrogens with zero attached hydrogens (tertiary/aromatic N) is 1. The minimum Gasteiger partial charge on any atom is -0.478 e. The lowest BCUT2D eigenvalue weighted by Gasteiger charge is -2.19. The van der Waals surface area contributed by atoms with Gasteiger partial charge in [0.1, 0.15) is 5.82 Å². The molecule has 0 saturated heterocycles. The fraction of sp³-hybridized carbons (Fsp3) is 0.357. The number of benzene rings is 1. The maximum Gasteiger partial charge on any atom is 0.328 e. The van der Waals surface area contributed by atoms with Crippen LogP contribution >= 0.6 is 0 Å². The van der Waals surface area contributed by atoms with Gasteiger partial charge in [-0.1, -0.05) is 19.1 Å². The Bertz CT molecular complexity index is 460. The van der Waals surface area contributed by atoms with Gasteiger partial charge < -0.3 is 10.2 Å². The zero-order chi connectivity index (χ0) is 14.3.